The Morgan fingerprint density at radius 3 is 2.26 bits per heavy atom. The van der Waals surface area contributed by atoms with Crippen LogP contribution >= 0.6 is 0 Å². The molecular formula is C12H22F3NO3. The Morgan fingerprint density at radius 2 is 1.84 bits per heavy atom. The first kappa shape index (κ1) is 18.2. The second-order valence-corrected chi connectivity index (χ2v) is 4.61. The number of halogens is 3. The van der Waals surface area contributed by atoms with Crippen LogP contribution in [0.5, 0.6) is 0 Å². The second kappa shape index (κ2) is 7.69. The highest BCUT2D eigenvalue weighted by atomic mass is 19.4. The average molecular weight is 285 g/mol. The normalized spacial score (nSPS) is 12.6. The van der Waals surface area contributed by atoms with Crippen LogP contribution in [0.25, 0.3) is 0 Å². The molecule has 0 spiro atoms. The van der Waals surface area contributed by atoms with Crippen molar-refractivity contribution in [2.45, 2.75) is 39.0 Å². The van der Waals surface area contributed by atoms with Gasteiger partial charge in [-0.25, -0.2) is 0 Å². The fourth-order valence-corrected chi connectivity index (χ4v) is 1.44. The maximum Gasteiger partial charge on any atom is 0.406 e. The topological polar surface area (TPSA) is 38.8 Å². The summed E-state index contributed by atoms with van der Waals surface area (Å²) in [5.74, 6) is -0.677. The average Bonchev–Trinajstić information content (AvgIpc) is 2.30. The number of hydrogen-bond acceptors (Lipinski definition) is 3. The summed E-state index contributed by atoms with van der Waals surface area (Å²) in [4.78, 5) is 12.8. The number of methoxy groups -OCH3 is 1. The van der Waals surface area contributed by atoms with Crippen LogP contribution < -0.4 is 0 Å². The van der Waals surface area contributed by atoms with Crippen molar-refractivity contribution in [2.75, 3.05) is 33.4 Å². The molecule has 0 aromatic rings. The summed E-state index contributed by atoms with van der Waals surface area (Å²) in [5, 5.41) is 0. The highest BCUT2D eigenvalue weighted by Gasteiger charge is 2.38. The van der Waals surface area contributed by atoms with Gasteiger partial charge >= 0.3 is 6.18 Å². The standard InChI is InChI=1S/C12H22F3NO3/c1-5-19-8-6-7-16(9-12(13,14)15)10(17)11(2,3)18-4/h5-9H2,1-4H3. The molecule has 0 bridgehead atoms. The van der Waals surface area contributed by atoms with Crippen LogP contribution in [0.15, 0.2) is 0 Å². The van der Waals surface area contributed by atoms with Gasteiger partial charge in [-0.3, -0.25) is 4.79 Å². The Bertz CT molecular complexity index is 280. The van der Waals surface area contributed by atoms with Crippen LogP contribution in [0.4, 0.5) is 13.2 Å². The summed E-state index contributed by atoms with van der Waals surface area (Å²) in [6.45, 7) is 4.23. The molecule has 0 N–H and O–H groups in total. The number of nitrogens with zero attached hydrogens (tertiary/aromatic N) is 1. The van der Waals surface area contributed by atoms with E-state index in [2.05, 4.69) is 0 Å². The lowest BCUT2D eigenvalue weighted by Crippen LogP contribution is -2.50. The molecule has 4 nitrogen and oxygen atoms in total. The van der Waals surface area contributed by atoms with Crippen LogP contribution in [-0.4, -0.2) is 56.0 Å². The van der Waals surface area contributed by atoms with Crippen molar-refractivity contribution in [1.82, 2.24) is 4.90 Å². The maximum atomic E-state index is 12.5. The van der Waals surface area contributed by atoms with E-state index < -0.39 is 24.2 Å². The van der Waals surface area contributed by atoms with Crippen molar-refractivity contribution < 1.29 is 27.4 Å². The van der Waals surface area contributed by atoms with E-state index in [1.807, 2.05) is 0 Å². The van der Waals surface area contributed by atoms with Crippen LogP contribution in [-0.2, 0) is 14.3 Å². The number of alkyl halides is 3. The SMILES string of the molecule is CCOCCCN(CC(F)(F)F)C(=O)C(C)(C)OC. The second-order valence-electron chi connectivity index (χ2n) is 4.61. The Labute approximate surface area is 111 Å². The molecule has 0 rings (SSSR count). The Balaban J connectivity index is 4.62. The van der Waals surface area contributed by atoms with Crippen molar-refractivity contribution in [2.24, 2.45) is 0 Å². The van der Waals surface area contributed by atoms with Crippen LogP contribution in [0, 0.1) is 0 Å². The molecule has 0 radical (unpaired) electrons. The lowest BCUT2D eigenvalue weighted by atomic mass is 10.1. The number of amides is 1. The summed E-state index contributed by atoms with van der Waals surface area (Å²) in [6, 6.07) is 0. The van der Waals surface area contributed by atoms with Gasteiger partial charge in [0.25, 0.3) is 5.91 Å². The number of carbonyl (C=O) groups excluding carboxylic acids is 1. The quantitative estimate of drug-likeness (QED) is 0.642. The highest BCUT2D eigenvalue weighted by molar-refractivity contribution is 5.84. The fraction of sp³-hybridized carbons (Fsp3) is 0.917. The van der Waals surface area contributed by atoms with E-state index in [1.165, 1.54) is 21.0 Å². The van der Waals surface area contributed by atoms with Gasteiger partial charge in [0.2, 0.25) is 0 Å². The van der Waals surface area contributed by atoms with E-state index in [0.29, 0.717) is 19.6 Å². The van der Waals surface area contributed by atoms with Crippen molar-refractivity contribution in [3.8, 4) is 0 Å². The number of hydrogen-bond donors (Lipinski definition) is 0. The molecule has 1 amide bonds. The van der Waals surface area contributed by atoms with Crippen molar-refractivity contribution in [1.29, 1.82) is 0 Å². The first-order chi connectivity index (χ1) is 8.64. The van der Waals surface area contributed by atoms with Crippen LogP contribution in [0.1, 0.15) is 27.2 Å². The smallest absolute Gasteiger partial charge is 0.382 e. The molecule has 0 unspecified atom stereocenters. The summed E-state index contributed by atoms with van der Waals surface area (Å²) in [7, 11) is 1.30. The molecule has 0 aliphatic rings. The van der Waals surface area contributed by atoms with Gasteiger partial charge in [-0.15, -0.1) is 0 Å². The Hall–Kier alpha value is -0.820. The third-order valence-corrected chi connectivity index (χ3v) is 2.60. The summed E-state index contributed by atoms with van der Waals surface area (Å²) >= 11 is 0. The van der Waals surface area contributed by atoms with Crippen molar-refractivity contribution in [3.63, 3.8) is 0 Å². The van der Waals surface area contributed by atoms with Crippen molar-refractivity contribution in [3.05, 3.63) is 0 Å². The largest absolute Gasteiger partial charge is 0.406 e. The zero-order valence-corrected chi connectivity index (χ0v) is 11.8. The predicted molar refractivity (Wildman–Crippen MR) is 64.8 cm³/mol. The third kappa shape index (κ3) is 7.37. The first-order valence-corrected chi connectivity index (χ1v) is 6.13. The van der Waals surface area contributed by atoms with Gasteiger partial charge in [0.15, 0.2) is 0 Å². The molecule has 7 heteroatoms. The molecule has 0 aliphatic heterocycles. The molecule has 0 saturated heterocycles. The minimum atomic E-state index is -4.43. The van der Waals surface area contributed by atoms with Gasteiger partial charge in [0, 0.05) is 26.9 Å². The zero-order valence-electron chi connectivity index (χ0n) is 11.8. The van der Waals surface area contributed by atoms with Crippen molar-refractivity contribution >= 4 is 5.91 Å². The van der Waals surface area contributed by atoms with Gasteiger partial charge < -0.3 is 14.4 Å². The Kier molecular flexibility index (Phi) is 7.36. The molecule has 0 fully saturated rings. The molecule has 19 heavy (non-hydrogen) atoms. The third-order valence-electron chi connectivity index (χ3n) is 2.60. The Morgan fingerprint density at radius 1 is 1.26 bits per heavy atom. The van der Waals surface area contributed by atoms with E-state index in [0.717, 1.165) is 4.90 Å². The molecule has 114 valence electrons. The van der Waals surface area contributed by atoms with E-state index in [9.17, 15) is 18.0 Å². The lowest BCUT2D eigenvalue weighted by Gasteiger charge is -2.31. The maximum absolute atomic E-state index is 12.5. The first-order valence-electron chi connectivity index (χ1n) is 6.13. The zero-order chi connectivity index (χ0) is 15.1. The number of rotatable bonds is 8. The van der Waals surface area contributed by atoms with Gasteiger partial charge in [-0.1, -0.05) is 0 Å². The molecule has 0 atom stereocenters. The molecule has 0 saturated carbocycles. The van der Waals surface area contributed by atoms with E-state index in [-0.39, 0.29) is 6.54 Å². The minimum absolute atomic E-state index is 0.00880. The monoisotopic (exact) mass is 285 g/mol. The van der Waals surface area contributed by atoms with Crippen LogP contribution in [0.2, 0.25) is 0 Å². The van der Waals surface area contributed by atoms with Gasteiger partial charge in [-0.2, -0.15) is 13.2 Å². The summed E-state index contributed by atoms with van der Waals surface area (Å²) < 4.78 is 47.4. The molecule has 0 heterocycles. The van der Waals surface area contributed by atoms with Crippen LogP contribution in [0.3, 0.4) is 0 Å². The summed E-state index contributed by atoms with van der Waals surface area (Å²) in [6.07, 6.45) is -4.07. The van der Waals surface area contributed by atoms with E-state index in [1.54, 1.807) is 6.92 Å². The fourth-order valence-electron chi connectivity index (χ4n) is 1.44. The molecule has 0 aromatic heterocycles. The number of carbonyl (C=O) groups is 1. The molecule has 0 aliphatic carbocycles. The van der Waals surface area contributed by atoms with E-state index >= 15 is 0 Å². The van der Waals surface area contributed by atoms with Gasteiger partial charge in [0.1, 0.15) is 12.1 Å². The molecular weight excluding hydrogens is 263 g/mol. The minimum Gasteiger partial charge on any atom is -0.382 e. The molecule has 0 aromatic carbocycles. The lowest BCUT2D eigenvalue weighted by molar-refractivity contribution is -0.173. The number of ether oxygens (including phenoxy) is 2. The van der Waals surface area contributed by atoms with Gasteiger partial charge in [0.05, 0.1) is 0 Å². The predicted octanol–water partition coefficient (Wildman–Crippen LogP) is 2.23. The summed E-state index contributed by atoms with van der Waals surface area (Å²) in [5.41, 5.74) is -1.27. The highest BCUT2D eigenvalue weighted by Crippen LogP contribution is 2.20. The van der Waals surface area contributed by atoms with E-state index in [4.69, 9.17) is 9.47 Å². The van der Waals surface area contributed by atoms with Gasteiger partial charge in [-0.05, 0) is 27.2 Å².